The Morgan fingerprint density at radius 3 is 2.46 bits per heavy atom. The third-order valence-electron chi connectivity index (χ3n) is 5.92. The maximum atomic E-state index is 13.0. The molecular weight excluding hydrogens is 352 g/mol. The number of nitrogens with zero attached hydrogens (tertiary/aromatic N) is 4. The van der Waals surface area contributed by atoms with Gasteiger partial charge in [0.25, 0.3) is 0 Å². The fraction of sp³-hybridized carbons (Fsp3) is 0.500. The smallest absolute Gasteiger partial charge is 0.225 e. The molecule has 6 nitrogen and oxygen atoms in total. The summed E-state index contributed by atoms with van der Waals surface area (Å²) in [5, 5.41) is 0. The SMILES string of the molecule is COc1nc(-c2ccccc2)nc2c1CCC(C(=O)N1CCN(C)CC1)CC2. The topological polar surface area (TPSA) is 58.6 Å². The number of ether oxygens (including phenoxy) is 1. The van der Waals surface area contributed by atoms with Gasteiger partial charge in [0.05, 0.1) is 12.8 Å². The molecule has 1 aliphatic carbocycles. The molecule has 0 radical (unpaired) electrons. The van der Waals surface area contributed by atoms with Gasteiger partial charge in [0.15, 0.2) is 5.82 Å². The minimum atomic E-state index is 0.0579. The zero-order valence-electron chi connectivity index (χ0n) is 16.7. The first kappa shape index (κ1) is 18.9. The van der Waals surface area contributed by atoms with Crippen LogP contribution in [0.15, 0.2) is 30.3 Å². The van der Waals surface area contributed by atoms with Crippen molar-refractivity contribution in [1.29, 1.82) is 0 Å². The van der Waals surface area contributed by atoms with Gasteiger partial charge in [-0.2, -0.15) is 4.98 Å². The first-order valence-corrected chi connectivity index (χ1v) is 10.1. The predicted octanol–water partition coefficient (Wildman–Crippen LogP) is 2.42. The van der Waals surface area contributed by atoms with Crippen LogP contribution in [0.5, 0.6) is 5.88 Å². The first-order valence-electron chi connectivity index (χ1n) is 10.1. The summed E-state index contributed by atoms with van der Waals surface area (Å²) < 4.78 is 5.60. The number of hydrogen-bond donors (Lipinski definition) is 0. The minimum absolute atomic E-state index is 0.0579. The first-order chi connectivity index (χ1) is 13.7. The molecule has 1 saturated heterocycles. The average Bonchev–Trinajstić information content (AvgIpc) is 2.96. The molecule has 6 heteroatoms. The highest BCUT2D eigenvalue weighted by atomic mass is 16.5. The van der Waals surface area contributed by atoms with Crippen LogP contribution < -0.4 is 4.74 Å². The van der Waals surface area contributed by atoms with E-state index in [0.717, 1.165) is 68.7 Å². The molecule has 0 saturated carbocycles. The van der Waals surface area contributed by atoms with Crippen LogP contribution in [0, 0.1) is 5.92 Å². The number of aromatic nitrogens is 2. The number of carbonyl (C=O) groups is 1. The molecule has 0 N–H and O–H groups in total. The lowest BCUT2D eigenvalue weighted by atomic mass is 9.97. The van der Waals surface area contributed by atoms with E-state index in [4.69, 9.17) is 9.72 Å². The fourth-order valence-corrected chi connectivity index (χ4v) is 4.16. The second-order valence-corrected chi connectivity index (χ2v) is 7.75. The number of fused-ring (bicyclic) bond motifs is 1. The Balaban J connectivity index is 1.54. The minimum Gasteiger partial charge on any atom is -0.481 e. The van der Waals surface area contributed by atoms with Crippen molar-refractivity contribution >= 4 is 5.91 Å². The van der Waals surface area contributed by atoms with Gasteiger partial charge < -0.3 is 14.5 Å². The molecule has 0 bridgehead atoms. The molecule has 1 amide bonds. The van der Waals surface area contributed by atoms with Gasteiger partial charge in [0.2, 0.25) is 11.8 Å². The highest BCUT2D eigenvalue weighted by Crippen LogP contribution is 2.32. The highest BCUT2D eigenvalue weighted by Gasteiger charge is 2.30. The van der Waals surface area contributed by atoms with Crippen molar-refractivity contribution in [3.63, 3.8) is 0 Å². The van der Waals surface area contributed by atoms with Crippen LogP contribution in [0.1, 0.15) is 24.1 Å². The molecule has 1 fully saturated rings. The largest absolute Gasteiger partial charge is 0.481 e. The van der Waals surface area contributed by atoms with Crippen molar-refractivity contribution in [3.8, 4) is 17.3 Å². The van der Waals surface area contributed by atoms with Gasteiger partial charge in [-0.15, -0.1) is 0 Å². The van der Waals surface area contributed by atoms with Crippen LogP contribution in [0.2, 0.25) is 0 Å². The van der Waals surface area contributed by atoms with Crippen molar-refractivity contribution < 1.29 is 9.53 Å². The molecule has 1 aliphatic heterocycles. The molecular formula is C22H28N4O2. The molecule has 0 spiro atoms. The van der Waals surface area contributed by atoms with Crippen molar-refractivity contribution in [2.75, 3.05) is 40.3 Å². The number of benzene rings is 1. The van der Waals surface area contributed by atoms with Crippen LogP contribution in [0.25, 0.3) is 11.4 Å². The number of amides is 1. The summed E-state index contributed by atoms with van der Waals surface area (Å²) in [5.41, 5.74) is 3.08. The zero-order chi connectivity index (χ0) is 19.5. The number of hydrogen-bond acceptors (Lipinski definition) is 5. The van der Waals surface area contributed by atoms with Gasteiger partial charge in [0, 0.05) is 43.2 Å². The number of rotatable bonds is 3. The van der Waals surface area contributed by atoms with Crippen LogP contribution in [0.3, 0.4) is 0 Å². The van der Waals surface area contributed by atoms with Crippen LogP contribution >= 0.6 is 0 Å². The van der Waals surface area contributed by atoms with E-state index in [1.165, 1.54) is 0 Å². The van der Waals surface area contributed by atoms with Crippen molar-refractivity contribution in [3.05, 3.63) is 41.6 Å². The van der Waals surface area contributed by atoms with Crippen LogP contribution in [-0.4, -0.2) is 66.0 Å². The summed E-state index contributed by atoms with van der Waals surface area (Å²) in [6.07, 6.45) is 3.26. The lowest BCUT2D eigenvalue weighted by Crippen LogP contribution is -2.49. The maximum Gasteiger partial charge on any atom is 0.225 e. The molecule has 4 rings (SSSR count). The van der Waals surface area contributed by atoms with Gasteiger partial charge in [0.1, 0.15) is 0 Å². The number of likely N-dealkylation sites (N-methyl/N-ethyl adjacent to an activating group) is 1. The van der Waals surface area contributed by atoms with Gasteiger partial charge in [-0.1, -0.05) is 30.3 Å². The molecule has 1 atom stereocenters. The quantitative estimate of drug-likeness (QED) is 0.766. The molecule has 2 heterocycles. The Morgan fingerprint density at radius 1 is 1.04 bits per heavy atom. The summed E-state index contributed by atoms with van der Waals surface area (Å²) in [6.45, 7) is 3.58. The lowest BCUT2D eigenvalue weighted by Gasteiger charge is -2.34. The number of carbonyl (C=O) groups excluding carboxylic acids is 1. The normalized spacial score (nSPS) is 20.4. The summed E-state index contributed by atoms with van der Waals surface area (Å²) in [4.78, 5) is 26.9. The number of methoxy groups -OCH3 is 1. The maximum absolute atomic E-state index is 13.0. The summed E-state index contributed by atoms with van der Waals surface area (Å²) in [7, 11) is 3.77. The molecule has 148 valence electrons. The number of piperazine rings is 1. The third kappa shape index (κ3) is 3.87. The van der Waals surface area contributed by atoms with E-state index in [2.05, 4.69) is 16.9 Å². The monoisotopic (exact) mass is 380 g/mol. The zero-order valence-corrected chi connectivity index (χ0v) is 16.7. The lowest BCUT2D eigenvalue weighted by molar-refractivity contribution is -0.137. The predicted molar refractivity (Wildman–Crippen MR) is 108 cm³/mol. The van der Waals surface area contributed by atoms with E-state index >= 15 is 0 Å². The second-order valence-electron chi connectivity index (χ2n) is 7.75. The Morgan fingerprint density at radius 2 is 1.75 bits per heavy atom. The van der Waals surface area contributed by atoms with E-state index < -0.39 is 0 Å². The van der Waals surface area contributed by atoms with Gasteiger partial charge in [-0.05, 0) is 32.7 Å². The van der Waals surface area contributed by atoms with Crippen molar-refractivity contribution in [2.24, 2.45) is 5.92 Å². The molecule has 2 aliphatic rings. The Kier molecular flexibility index (Phi) is 5.57. The third-order valence-corrected chi connectivity index (χ3v) is 5.92. The van der Waals surface area contributed by atoms with Crippen molar-refractivity contribution in [2.45, 2.75) is 25.7 Å². The molecule has 1 aromatic heterocycles. The van der Waals surface area contributed by atoms with E-state index in [-0.39, 0.29) is 5.92 Å². The summed E-state index contributed by atoms with van der Waals surface area (Å²) >= 11 is 0. The fourth-order valence-electron chi connectivity index (χ4n) is 4.16. The molecule has 28 heavy (non-hydrogen) atoms. The average molecular weight is 380 g/mol. The molecule has 2 aromatic rings. The van der Waals surface area contributed by atoms with Crippen molar-refractivity contribution in [1.82, 2.24) is 19.8 Å². The van der Waals surface area contributed by atoms with Gasteiger partial charge in [-0.25, -0.2) is 4.98 Å². The van der Waals surface area contributed by atoms with E-state index in [9.17, 15) is 4.79 Å². The second kappa shape index (κ2) is 8.27. The summed E-state index contributed by atoms with van der Waals surface area (Å²) in [5.74, 6) is 1.70. The van der Waals surface area contributed by atoms with Gasteiger partial charge in [-0.3, -0.25) is 4.79 Å². The standard InChI is InChI=1S/C22H28N4O2/c1-25-12-14-26(15-13-25)22(27)17-8-10-18-19(11-9-17)23-20(24-21(18)28-2)16-6-4-3-5-7-16/h3-7,17H,8-15H2,1-2H3. The Labute approximate surface area is 166 Å². The van der Waals surface area contributed by atoms with E-state index in [1.54, 1.807) is 7.11 Å². The van der Waals surface area contributed by atoms with Crippen LogP contribution in [0.4, 0.5) is 0 Å². The Hall–Kier alpha value is -2.47. The van der Waals surface area contributed by atoms with Gasteiger partial charge >= 0.3 is 0 Å². The van der Waals surface area contributed by atoms with E-state index in [0.29, 0.717) is 17.6 Å². The number of aryl methyl sites for hydroxylation is 1. The highest BCUT2D eigenvalue weighted by molar-refractivity contribution is 5.79. The van der Waals surface area contributed by atoms with E-state index in [1.807, 2.05) is 35.2 Å². The van der Waals surface area contributed by atoms with Crippen LogP contribution in [-0.2, 0) is 17.6 Å². The molecule has 1 aromatic carbocycles. The molecule has 1 unspecified atom stereocenters. The Bertz CT molecular complexity index is 832. The summed E-state index contributed by atoms with van der Waals surface area (Å²) in [6, 6.07) is 9.98.